The van der Waals surface area contributed by atoms with Crippen LogP contribution in [0.2, 0.25) is 0 Å². The number of nitriles is 1. The quantitative estimate of drug-likeness (QED) is 0.236. The largest absolute Gasteiger partial charge is 0.495 e. The van der Waals surface area contributed by atoms with Crippen molar-refractivity contribution in [1.82, 2.24) is 20.9 Å². The molecule has 3 heterocycles. The van der Waals surface area contributed by atoms with E-state index in [0.29, 0.717) is 29.0 Å². The maximum atomic E-state index is 13.6. The van der Waals surface area contributed by atoms with E-state index in [4.69, 9.17) is 14.2 Å². The Bertz CT molecular complexity index is 2130. The van der Waals surface area contributed by atoms with Crippen molar-refractivity contribution in [2.75, 3.05) is 69.3 Å². The van der Waals surface area contributed by atoms with Crippen LogP contribution in [0.15, 0.2) is 54.6 Å². The van der Waals surface area contributed by atoms with Gasteiger partial charge in [-0.1, -0.05) is 27.7 Å². The first-order chi connectivity index (χ1) is 28.6. The molecule has 3 aromatic carbocycles. The van der Waals surface area contributed by atoms with E-state index in [1.807, 2.05) is 56.3 Å². The van der Waals surface area contributed by atoms with Crippen LogP contribution in [-0.4, -0.2) is 112 Å². The molecule has 1 aliphatic carbocycles. The highest BCUT2D eigenvalue weighted by molar-refractivity contribution is 6.04. The number of imide groups is 1. The summed E-state index contributed by atoms with van der Waals surface area (Å²) in [6.45, 7) is 18.5. The average Bonchev–Trinajstić information content (AvgIpc) is 3.22. The molecule has 0 bridgehead atoms. The first-order valence-corrected chi connectivity index (χ1v) is 20.8. The van der Waals surface area contributed by atoms with E-state index in [-0.39, 0.29) is 53.7 Å². The van der Waals surface area contributed by atoms with Crippen LogP contribution in [0.4, 0.5) is 11.4 Å². The summed E-state index contributed by atoms with van der Waals surface area (Å²) in [5.74, 6) is -0.0122. The monoisotopic (exact) mass is 819 g/mol. The molecule has 60 heavy (non-hydrogen) atoms. The van der Waals surface area contributed by atoms with Gasteiger partial charge < -0.3 is 34.6 Å². The van der Waals surface area contributed by atoms with Crippen molar-refractivity contribution in [3.8, 4) is 17.6 Å². The van der Waals surface area contributed by atoms with Crippen molar-refractivity contribution < 1.29 is 33.4 Å². The molecular formula is C46H57N7O7. The van der Waals surface area contributed by atoms with Crippen LogP contribution in [-0.2, 0) is 14.3 Å². The third kappa shape index (κ3) is 8.65. The molecule has 4 fully saturated rings. The third-order valence-electron chi connectivity index (χ3n) is 12.8. The van der Waals surface area contributed by atoms with Crippen LogP contribution in [0.25, 0.3) is 0 Å². The highest BCUT2D eigenvalue weighted by atomic mass is 16.5. The summed E-state index contributed by atoms with van der Waals surface area (Å²) in [7, 11) is 1.58. The Labute approximate surface area is 352 Å². The van der Waals surface area contributed by atoms with Crippen molar-refractivity contribution >= 4 is 35.0 Å². The zero-order valence-corrected chi connectivity index (χ0v) is 35.7. The van der Waals surface area contributed by atoms with Gasteiger partial charge in [-0.15, -0.1) is 0 Å². The normalized spacial score (nSPS) is 23.8. The highest BCUT2D eigenvalue weighted by Gasteiger charge is 2.64. The Morgan fingerprint density at radius 2 is 1.53 bits per heavy atom. The Morgan fingerprint density at radius 3 is 2.17 bits per heavy atom. The molecular weight excluding hydrogens is 763 g/mol. The van der Waals surface area contributed by atoms with Gasteiger partial charge in [0.1, 0.15) is 23.6 Å². The standard InChI is InChI=1S/C46H57N7O7/c1-28-22-33(23-29(2)35(28)25-47)60-44-45(3,4)43(46(44,5)6)50-40(55)30-8-11-32(12-9-30)53-20-21-59-34(27-53)26-51-16-18-52(19-17-51)37-14-10-31(24-38(37)58-7)41(56)48-36-13-15-39(54)49-42(36)57/h8-12,14,22-24,34,36,43-44H,13,15-21,26-27H2,1-7H3,(H,48,56)(H,50,55)(H,49,54,57)/t34-,36?,43?,44?/m0/s1. The lowest BCUT2D eigenvalue weighted by Gasteiger charge is -2.63. The predicted molar refractivity (Wildman–Crippen MR) is 228 cm³/mol. The van der Waals surface area contributed by atoms with Crippen molar-refractivity contribution in [2.24, 2.45) is 10.8 Å². The van der Waals surface area contributed by atoms with Crippen LogP contribution in [0.5, 0.6) is 11.5 Å². The molecule has 3 aliphatic heterocycles. The summed E-state index contributed by atoms with van der Waals surface area (Å²) >= 11 is 0. The second kappa shape index (κ2) is 17.1. The van der Waals surface area contributed by atoms with Gasteiger partial charge in [-0.3, -0.25) is 29.4 Å². The van der Waals surface area contributed by atoms with Crippen LogP contribution in [0, 0.1) is 36.0 Å². The summed E-state index contributed by atoms with van der Waals surface area (Å²) in [5.41, 5.74) is 4.74. The number of carbonyl (C=O) groups is 4. The Kier molecular flexibility index (Phi) is 12.1. The smallest absolute Gasteiger partial charge is 0.252 e. The first kappa shape index (κ1) is 42.5. The minimum atomic E-state index is -0.750. The first-order valence-electron chi connectivity index (χ1n) is 20.8. The van der Waals surface area contributed by atoms with Gasteiger partial charge in [0, 0.05) is 85.9 Å². The number of nitrogens with one attached hydrogen (secondary N) is 3. The van der Waals surface area contributed by atoms with Gasteiger partial charge in [-0.25, -0.2) is 0 Å². The number of aryl methyl sites for hydroxylation is 2. The number of piperidine rings is 1. The molecule has 2 atom stereocenters. The van der Waals surface area contributed by atoms with Gasteiger partial charge in [0.25, 0.3) is 11.8 Å². The summed E-state index contributed by atoms with van der Waals surface area (Å²) in [5, 5.41) is 17.8. The van der Waals surface area contributed by atoms with Crippen LogP contribution in [0.3, 0.4) is 0 Å². The lowest BCUT2D eigenvalue weighted by atomic mass is 9.49. The van der Waals surface area contributed by atoms with Gasteiger partial charge in [0.15, 0.2) is 0 Å². The van der Waals surface area contributed by atoms with E-state index in [1.54, 1.807) is 19.2 Å². The zero-order valence-electron chi connectivity index (χ0n) is 35.7. The molecule has 0 aromatic heterocycles. The number of methoxy groups -OCH3 is 1. The molecule has 14 nitrogen and oxygen atoms in total. The lowest BCUT2D eigenvalue weighted by molar-refractivity contribution is -0.164. The van der Waals surface area contributed by atoms with Gasteiger partial charge >= 0.3 is 0 Å². The number of hydrogen-bond acceptors (Lipinski definition) is 11. The van der Waals surface area contributed by atoms with Crippen LogP contribution >= 0.6 is 0 Å². The van der Waals surface area contributed by atoms with Crippen molar-refractivity contribution in [3.63, 3.8) is 0 Å². The summed E-state index contributed by atoms with van der Waals surface area (Å²) < 4.78 is 18.5. The molecule has 4 amide bonds. The zero-order chi connectivity index (χ0) is 42.9. The van der Waals surface area contributed by atoms with Gasteiger partial charge in [0.2, 0.25) is 11.8 Å². The van der Waals surface area contributed by atoms with E-state index in [1.165, 1.54) is 0 Å². The minimum absolute atomic E-state index is 0.0281. The topological polar surface area (TPSA) is 166 Å². The number of amides is 4. The van der Waals surface area contributed by atoms with E-state index in [2.05, 4.69) is 64.4 Å². The fourth-order valence-corrected chi connectivity index (χ4v) is 9.82. The number of ether oxygens (including phenoxy) is 3. The summed E-state index contributed by atoms with van der Waals surface area (Å²) in [6, 6.07) is 18.4. The molecule has 3 saturated heterocycles. The van der Waals surface area contributed by atoms with Crippen molar-refractivity contribution in [2.45, 2.75) is 78.7 Å². The van der Waals surface area contributed by atoms with Gasteiger partial charge in [0.05, 0.1) is 37.1 Å². The number of morpholine rings is 1. The van der Waals surface area contributed by atoms with E-state index >= 15 is 0 Å². The Hall–Kier alpha value is -5.65. The lowest BCUT2D eigenvalue weighted by Crippen LogP contribution is -2.74. The number of nitrogens with zero attached hydrogens (tertiary/aromatic N) is 4. The molecule has 0 spiro atoms. The average molecular weight is 820 g/mol. The number of carbonyl (C=O) groups excluding carboxylic acids is 4. The van der Waals surface area contributed by atoms with Crippen molar-refractivity contribution in [1.29, 1.82) is 5.26 Å². The molecule has 1 saturated carbocycles. The van der Waals surface area contributed by atoms with Gasteiger partial charge in [-0.2, -0.15) is 5.26 Å². The maximum absolute atomic E-state index is 13.6. The minimum Gasteiger partial charge on any atom is -0.495 e. The molecule has 0 radical (unpaired) electrons. The molecule has 318 valence electrons. The van der Waals surface area contributed by atoms with E-state index in [0.717, 1.165) is 74.1 Å². The number of anilines is 2. The van der Waals surface area contributed by atoms with Crippen LogP contribution in [0.1, 0.15) is 77.9 Å². The molecule has 3 N–H and O–H groups in total. The fourth-order valence-electron chi connectivity index (χ4n) is 9.82. The molecule has 3 aromatic rings. The molecule has 7 rings (SSSR count). The summed E-state index contributed by atoms with van der Waals surface area (Å²) in [4.78, 5) is 57.2. The number of rotatable bonds is 11. The molecule has 4 aliphatic rings. The second-order valence-electron chi connectivity index (χ2n) is 17.7. The molecule has 14 heteroatoms. The van der Waals surface area contributed by atoms with E-state index in [9.17, 15) is 24.4 Å². The highest BCUT2D eigenvalue weighted by Crippen LogP contribution is 2.55. The third-order valence-corrected chi connectivity index (χ3v) is 12.8. The Morgan fingerprint density at radius 1 is 0.883 bits per heavy atom. The van der Waals surface area contributed by atoms with E-state index < -0.39 is 17.9 Å². The SMILES string of the molecule is COc1cc(C(=O)NC2CCC(=O)NC2=O)ccc1N1CCN(C[C@H]2CN(c3ccc(C(=O)NC4C(C)(C)C(Oc5cc(C)c(C#N)c(C)c5)C4(C)C)cc3)CCO2)CC1. The van der Waals surface area contributed by atoms with Crippen molar-refractivity contribution in [3.05, 3.63) is 82.4 Å². The fraction of sp³-hybridized carbons (Fsp3) is 0.500. The maximum Gasteiger partial charge on any atom is 0.252 e. The van der Waals surface area contributed by atoms with Gasteiger partial charge in [-0.05, 0) is 86.0 Å². The predicted octanol–water partition coefficient (Wildman–Crippen LogP) is 4.36. The summed E-state index contributed by atoms with van der Waals surface area (Å²) in [6.07, 6.45) is 0.348. The number of benzene rings is 3. The number of hydrogen-bond donors (Lipinski definition) is 3. The van der Waals surface area contributed by atoms with Crippen LogP contribution < -0.4 is 35.2 Å². The number of piperazine rings is 1. The Balaban J connectivity index is 0.889. The second-order valence-corrected chi connectivity index (χ2v) is 17.7. The molecule has 1 unspecified atom stereocenters.